The second kappa shape index (κ2) is 9.26. The number of hydrogen-bond donors (Lipinski definition) is 3. The SMILES string of the molecule is CCC(C)(CC)CC1NC(C(=O)O)C(c2cccc(Cl)c2F)C1(N)c1ccc(Cl)cc1F. The smallest absolute Gasteiger partial charge is 0.321 e. The van der Waals surface area contributed by atoms with Gasteiger partial charge >= 0.3 is 5.97 Å². The van der Waals surface area contributed by atoms with Gasteiger partial charge in [-0.2, -0.15) is 0 Å². The molecule has 0 saturated carbocycles. The van der Waals surface area contributed by atoms with Crippen LogP contribution < -0.4 is 11.1 Å². The average molecular weight is 485 g/mol. The lowest BCUT2D eigenvalue weighted by molar-refractivity contribution is -0.139. The maximum atomic E-state index is 15.3. The lowest BCUT2D eigenvalue weighted by atomic mass is 9.67. The van der Waals surface area contributed by atoms with Crippen LogP contribution in [0.3, 0.4) is 0 Å². The van der Waals surface area contributed by atoms with Crippen LogP contribution in [0.4, 0.5) is 8.78 Å². The van der Waals surface area contributed by atoms with Gasteiger partial charge in [0.05, 0.1) is 10.6 Å². The zero-order chi connectivity index (χ0) is 23.8. The van der Waals surface area contributed by atoms with Gasteiger partial charge in [-0.25, -0.2) is 8.78 Å². The van der Waals surface area contributed by atoms with Gasteiger partial charge in [0.2, 0.25) is 0 Å². The minimum Gasteiger partial charge on any atom is -0.480 e. The fourth-order valence-corrected chi connectivity index (χ4v) is 5.15. The van der Waals surface area contributed by atoms with E-state index in [2.05, 4.69) is 12.2 Å². The van der Waals surface area contributed by atoms with E-state index >= 15 is 8.78 Å². The van der Waals surface area contributed by atoms with Crippen LogP contribution in [-0.2, 0) is 10.3 Å². The van der Waals surface area contributed by atoms with Crippen molar-refractivity contribution in [2.75, 3.05) is 0 Å². The van der Waals surface area contributed by atoms with E-state index in [-0.39, 0.29) is 26.6 Å². The molecule has 0 aromatic heterocycles. The molecule has 0 aliphatic carbocycles. The molecule has 0 radical (unpaired) electrons. The highest BCUT2D eigenvalue weighted by Gasteiger charge is 2.58. The zero-order valence-corrected chi connectivity index (χ0v) is 19.8. The minimum absolute atomic E-state index is 0.0338. The molecule has 2 aromatic carbocycles. The molecule has 0 spiro atoms. The third-order valence-corrected chi connectivity index (χ3v) is 7.72. The third kappa shape index (κ3) is 4.26. The molecule has 174 valence electrons. The van der Waals surface area contributed by atoms with Crippen LogP contribution in [0.1, 0.15) is 57.1 Å². The predicted octanol–water partition coefficient (Wildman–Crippen LogP) is 5.85. The highest BCUT2D eigenvalue weighted by molar-refractivity contribution is 6.31. The summed E-state index contributed by atoms with van der Waals surface area (Å²) in [5.74, 6) is -3.74. The molecule has 4 N–H and O–H groups in total. The number of nitrogens with one attached hydrogen (secondary N) is 1. The van der Waals surface area contributed by atoms with Crippen molar-refractivity contribution >= 4 is 29.2 Å². The Morgan fingerprint density at radius 1 is 1.22 bits per heavy atom. The highest BCUT2D eigenvalue weighted by Crippen LogP contribution is 2.50. The number of nitrogens with two attached hydrogens (primary N) is 1. The summed E-state index contributed by atoms with van der Waals surface area (Å²) >= 11 is 12.0. The van der Waals surface area contributed by atoms with E-state index in [0.717, 1.165) is 18.9 Å². The van der Waals surface area contributed by atoms with Crippen molar-refractivity contribution in [2.45, 2.75) is 63.6 Å². The Morgan fingerprint density at radius 3 is 2.44 bits per heavy atom. The van der Waals surface area contributed by atoms with Gasteiger partial charge in [0.15, 0.2) is 0 Å². The fourth-order valence-electron chi connectivity index (χ4n) is 4.81. The van der Waals surface area contributed by atoms with Crippen LogP contribution in [0, 0.1) is 17.0 Å². The van der Waals surface area contributed by atoms with E-state index in [0.29, 0.717) is 6.42 Å². The zero-order valence-electron chi connectivity index (χ0n) is 18.3. The van der Waals surface area contributed by atoms with Crippen LogP contribution in [0.5, 0.6) is 0 Å². The Morgan fingerprint density at radius 2 is 1.88 bits per heavy atom. The summed E-state index contributed by atoms with van der Waals surface area (Å²) in [7, 11) is 0. The molecule has 1 fully saturated rings. The summed E-state index contributed by atoms with van der Waals surface area (Å²) in [5.41, 5.74) is 5.36. The van der Waals surface area contributed by atoms with Crippen LogP contribution >= 0.6 is 23.2 Å². The quantitative estimate of drug-likeness (QED) is 0.460. The normalized spacial score (nSPS) is 25.8. The maximum Gasteiger partial charge on any atom is 0.321 e. The number of aliphatic carboxylic acids is 1. The van der Waals surface area contributed by atoms with Crippen molar-refractivity contribution < 1.29 is 18.7 Å². The largest absolute Gasteiger partial charge is 0.480 e. The molecule has 1 aliphatic heterocycles. The molecular formula is C24H28Cl2F2N2O2. The molecule has 8 heteroatoms. The second-order valence-electron chi connectivity index (χ2n) is 8.93. The number of benzene rings is 2. The molecule has 3 rings (SSSR count). The van der Waals surface area contributed by atoms with Gasteiger partial charge in [-0.1, -0.05) is 75.0 Å². The van der Waals surface area contributed by atoms with Crippen molar-refractivity contribution in [3.63, 3.8) is 0 Å². The first kappa shape index (κ1) is 24.9. The molecule has 0 bridgehead atoms. The van der Waals surface area contributed by atoms with Gasteiger partial charge in [-0.15, -0.1) is 0 Å². The topological polar surface area (TPSA) is 75.3 Å². The van der Waals surface area contributed by atoms with Crippen molar-refractivity contribution in [1.29, 1.82) is 0 Å². The summed E-state index contributed by atoms with van der Waals surface area (Å²) < 4.78 is 30.4. The van der Waals surface area contributed by atoms with E-state index in [9.17, 15) is 9.90 Å². The number of halogens is 4. The fraction of sp³-hybridized carbons (Fsp3) is 0.458. The molecule has 32 heavy (non-hydrogen) atoms. The van der Waals surface area contributed by atoms with Gasteiger partial charge in [0.1, 0.15) is 17.7 Å². The van der Waals surface area contributed by atoms with Crippen LogP contribution in [0.15, 0.2) is 36.4 Å². The van der Waals surface area contributed by atoms with Gasteiger partial charge in [-0.3, -0.25) is 10.1 Å². The lowest BCUT2D eigenvalue weighted by Gasteiger charge is -2.41. The van der Waals surface area contributed by atoms with Crippen molar-refractivity contribution in [3.05, 3.63) is 69.2 Å². The summed E-state index contributed by atoms with van der Waals surface area (Å²) in [6.45, 7) is 6.17. The first-order chi connectivity index (χ1) is 15.0. The molecule has 4 atom stereocenters. The first-order valence-electron chi connectivity index (χ1n) is 10.7. The van der Waals surface area contributed by atoms with E-state index in [1.165, 1.54) is 30.3 Å². The standard InChI is InChI=1S/C24H28Cl2F2N2O2/c1-4-23(3,5-2)12-18-24(29,15-10-9-13(25)11-17(15)27)19(21(30-18)22(31)32)14-7-6-8-16(26)20(14)28/h6-11,18-19,21,30H,4-5,12,29H2,1-3H3,(H,31,32). The Kier molecular flexibility index (Phi) is 7.20. The number of hydrogen-bond acceptors (Lipinski definition) is 3. The maximum absolute atomic E-state index is 15.3. The average Bonchev–Trinajstić information content (AvgIpc) is 3.02. The Labute approximate surface area is 197 Å². The van der Waals surface area contributed by atoms with Crippen molar-refractivity contribution in [2.24, 2.45) is 11.1 Å². The van der Waals surface area contributed by atoms with Gasteiger partial charge < -0.3 is 10.8 Å². The number of carbonyl (C=O) groups is 1. The molecule has 2 aromatic rings. The minimum atomic E-state index is -1.57. The van der Waals surface area contributed by atoms with E-state index in [1.54, 1.807) is 0 Å². The van der Waals surface area contributed by atoms with Crippen LogP contribution in [0.2, 0.25) is 10.0 Å². The van der Waals surface area contributed by atoms with E-state index in [4.69, 9.17) is 28.9 Å². The van der Waals surface area contributed by atoms with E-state index in [1.807, 2.05) is 13.8 Å². The molecule has 4 nitrogen and oxygen atoms in total. The third-order valence-electron chi connectivity index (χ3n) is 7.19. The summed E-state index contributed by atoms with van der Waals surface area (Å²) in [6.07, 6.45) is 2.10. The van der Waals surface area contributed by atoms with Gasteiger partial charge in [-0.05, 0) is 35.6 Å². The predicted molar refractivity (Wildman–Crippen MR) is 123 cm³/mol. The number of carboxylic acids is 1. The van der Waals surface area contributed by atoms with Crippen LogP contribution in [-0.4, -0.2) is 23.2 Å². The second-order valence-corrected chi connectivity index (χ2v) is 9.78. The molecule has 4 unspecified atom stereocenters. The Bertz CT molecular complexity index is 1020. The molecule has 0 amide bonds. The van der Waals surface area contributed by atoms with Gasteiger partial charge in [0.25, 0.3) is 0 Å². The Balaban J connectivity index is 2.29. The van der Waals surface area contributed by atoms with E-state index < -0.39 is 41.1 Å². The summed E-state index contributed by atoms with van der Waals surface area (Å²) in [5, 5.41) is 13.2. The molecular weight excluding hydrogens is 457 g/mol. The first-order valence-corrected chi connectivity index (χ1v) is 11.4. The summed E-state index contributed by atoms with van der Waals surface area (Å²) in [4.78, 5) is 12.3. The molecule has 1 saturated heterocycles. The van der Waals surface area contributed by atoms with Crippen LogP contribution in [0.25, 0.3) is 0 Å². The lowest BCUT2D eigenvalue weighted by Crippen LogP contribution is -2.52. The van der Waals surface area contributed by atoms with Gasteiger partial charge in [0, 0.05) is 22.5 Å². The Hall–Kier alpha value is -1.73. The van der Waals surface area contributed by atoms with Crippen molar-refractivity contribution in [3.8, 4) is 0 Å². The number of carboxylic acid groups (broad SMARTS) is 1. The molecule has 1 aliphatic rings. The molecule has 1 heterocycles. The number of rotatable bonds is 7. The monoisotopic (exact) mass is 484 g/mol. The van der Waals surface area contributed by atoms with Crippen molar-refractivity contribution in [1.82, 2.24) is 5.32 Å². The summed E-state index contributed by atoms with van der Waals surface area (Å²) in [6, 6.07) is 6.58. The highest BCUT2D eigenvalue weighted by atomic mass is 35.5.